The maximum atomic E-state index is 12.8. The van der Waals surface area contributed by atoms with Crippen molar-refractivity contribution in [3.05, 3.63) is 46.2 Å². The van der Waals surface area contributed by atoms with Gasteiger partial charge in [-0.2, -0.15) is 23.5 Å². The van der Waals surface area contributed by atoms with Crippen molar-refractivity contribution < 1.29 is 23.1 Å². The zero-order valence-electron chi connectivity index (χ0n) is 10.0. The quantitative estimate of drug-likeness (QED) is 0.923. The van der Waals surface area contributed by atoms with E-state index < -0.39 is 28.6 Å². The van der Waals surface area contributed by atoms with Gasteiger partial charge < -0.3 is 5.11 Å². The van der Waals surface area contributed by atoms with E-state index in [9.17, 15) is 18.0 Å². The molecule has 0 bridgehead atoms. The summed E-state index contributed by atoms with van der Waals surface area (Å²) < 4.78 is 39.1. The van der Waals surface area contributed by atoms with E-state index in [1.54, 1.807) is 0 Å². The molecular formula is C12H5ClF3N3O2. The first-order chi connectivity index (χ1) is 9.75. The second kappa shape index (κ2) is 5.10. The highest BCUT2D eigenvalue weighted by Gasteiger charge is 2.41. The van der Waals surface area contributed by atoms with Crippen LogP contribution in [0.2, 0.25) is 5.15 Å². The van der Waals surface area contributed by atoms with Gasteiger partial charge in [0.15, 0.2) is 5.69 Å². The van der Waals surface area contributed by atoms with E-state index in [4.69, 9.17) is 22.0 Å². The lowest BCUT2D eigenvalue weighted by Crippen LogP contribution is -2.12. The minimum Gasteiger partial charge on any atom is -0.478 e. The van der Waals surface area contributed by atoms with E-state index in [-0.39, 0.29) is 11.3 Å². The fourth-order valence-corrected chi connectivity index (χ4v) is 1.97. The van der Waals surface area contributed by atoms with E-state index >= 15 is 0 Å². The van der Waals surface area contributed by atoms with Crippen LogP contribution in [0.3, 0.4) is 0 Å². The van der Waals surface area contributed by atoms with Crippen LogP contribution in [0.4, 0.5) is 13.2 Å². The minimum atomic E-state index is -4.96. The van der Waals surface area contributed by atoms with Crippen LogP contribution in [0.15, 0.2) is 24.3 Å². The molecule has 0 aliphatic rings. The lowest BCUT2D eigenvalue weighted by atomic mass is 10.2. The summed E-state index contributed by atoms with van der Waals surface area (Å²) in [6.07, 6.45) is -4.96. The third kappa shape index (κ3) is 2.68. The van der Waals surface area contributed by atoms with Crippen LogP contribution in [-0.4, -0.2) is 20.9 Å². The van der Waals surface area contributed by atoms with Gasteiger partial charge >= 0.3 is 12.1 Å². The number of hydrogen-bond acceptors (Lipinski definition) is 3. The van der Waals surface area contributed by atoms with Crippen molar-refractivity contribution in [3.8, 4) is 11.8 Å². The molecule has 0 fully saturated rings. The van der Waals surface area contributed by atoms with Crippen LogP contribution >= 0.6 is 11.6 Å². The number of benzene rings is 1. The van der Waals surface area contributed by atoms with Crippen molar-refractivity contribution in [1.29, 1.82) is 5.26 Å². The summed E-state index contributed by atoms with van der Waals surface area (Å²) in [4.78, 5) is 11.0. The van der Waals surface area contributed by atoms with Gasteiger partial charge in [-0.05, 0) is 18.2 Å². The van der Waals surface area contributed by atoms with Gasteiger partial charge in [-0.15, -0.1) is 0 Å². The third-order valence-corrected chi connectivity index (χ3v) is 2.88. The van der Waals surface area contributed by atoms with Crippen LogP contribution in [0.1, 0.15) is 21.6 Å². The van der Waals surface area contributed by atoms with Crippen LogP contribution in [0.25, 0.3) is 5.69 Å². The Kier molecular flexibility index (Phi) is 3.61. The molecule has 2 rings (SSSR count). The average Bonchev–Trinajstić information content (AvgIpc) is 2.76. The maximum absolute atomic E-state index is 12.8. The molecule has 9 heteroatoms. The zero-order chi connectivity index (χ0) is 15.8. The van der Waals surface area contributed by atoms with Crippen LogP contribution in [-0.2, 0) is 6.18 Å². The van der Waals surface area contributed by atoms with Gasteiger partial charge in [-0.1, -0.05) is 17.7 Å². The summed E-state index contributed by atoms with van der Waals surface area (Å²) >= 11 is 5.70. The van der Waals surface area contributed by atoms with Gasteiger partial charge in [0.05, 0.1) is 17.3 Å². The number of carboxylic acid groups (broad SMARTS) is 1. The molecule has 5 nitrogen and oxygen atoms in total. The normalized spacial score (nSPS) is 11.2. The topological polar surface area (TPSA) is 78.9 Å². The van der Waals surface area contributed by atoms with Crippen LogP contribution in [0.5, 0.6) is 0 Å². The van der Waals surface area contributed by atoms with Crippen LogP contribution in [0, 0.1) is 11.3 Å². The Morgan fingerprint density at radius 3 is 2.57 bits per heavy atom. The average molecular weight is 316 g/mol. The van der Waals surface area contributed by atoms with Crippen molar-refractivity contribution in [2.45, 2.75) is 6.18 Å². The van der Waals surface area contributed by atoms with E-state index in [0.29, 0.717) is 4.68 Å². The Labute approximate surface area is 120 Å². The van der Waals surface area contributed by atoms with Crippen molar-refractivity contribution in [2.75, 3.05) is 0 Å². The van der Waals surface area contributed by atoms with Gasteiger partial charge in [-0.25, -0.2) is 9.48 Å². The Morgan fingerprint density at radius 1 is 1.43 bits per heavy atom. The van der Waals surface area contributed by atoms with E-state index in [1.807, 2.05) is 6.07 Å². The molecule has 1 aromatic heterocycles. The molecule has 1 N–H and O–H groups in total. The number of rotatable bonds is 2. The number of aromatic nitrogens is 2. The molecule has 1 heterocycles. The Balaban J connectivity index is 2.71. The molecule has 21 heavy (non-hydrogen) atoms. The predicted octanol–water partition coefficient (Wildman–Crippen LogP) is 3.11. The number of carbonyl (C=O) groups is 1. The highest BCUT2D eigenvalue weighted by molar-refractivity contribution is 6.33. The highest BCUT2D eigenvalue weighted by Crippen LogP contribution is 2.35. The first kappa shape index (κ1) is 14.9. The van der Waals surface area contributed by atoms with Crippen molar-refractivity contribution >= 4 is 17.6 Å². The molecule has 0 amide bonds. The second-order valence-corrected chi connectivity index (χ2v) is 4.25. The Morgan fingerprint density at radius 2 is 2.10 bits per heavy atom. The second-order valence-electron chi connectivity index (χ2n) is 3.89. The SMILES string of the molecule is N#Cc1cccc(-n2nc(C(F)(F)F)c(C(=O)O)c2Cl)c1. The summed E-state index contributed by atoms with van der Waals surface area (Å²) in [5.41, 5.74) is -2.50. The van der Waals surface area contributed by atoms with Crippen LogP contribution < -0.4 is 0 Å². The number of nitriles is 1. The fraction of sp³-hybridized carbons (Fsp3) is 0.0833. The minimum absolute atomic E-state index is 0.0528. The molecule has 1 aromatic carbocycles. The van der Waals surface area contributed by atoms with Crippen molar-refractivity contribution in [1.82, 2.24) is 9.78 Å². The summed E-state index contributed by atoms with van der Waals surface area (Å²) in [5, 5.41) is 20.2. The number of alkyl halides is 3. The molecule has 0 aliphatic carbocycles. The third-order valence-electron chi connectivity index (χ3n) is 2.53. The van der Waals surface area contributed by atoms with Gasteiger partial charge in [0, 0.05) is 0 Å². The first-order valence-corrected chi connectivity index (χ1v) is 5.73. The molecule has 0 saturated heterocycles. The summed E-state index contributed by atoms with van der Waals surface area (Å²) in [5.74, 6) is -1.84. The number of halogens is 4. The monoisotopic (exact) mass is 315 g/mol. The van der Waals surface area contributed by atoms with Crippen molar-refractivity contribution in [2.24, 2.45) is 0 Å². The number of nitrogens with zero attached hydrogens (tertiary/aromatic N) is 3. The molecule has 0 atom stereocenters. The smallest absolute Gasteiger partial charge is 0.436 e. The largest absolute Gasteiger partial charge is 0.478 e. The number of carboxylic acids is 1. The lowest BCUT2D eigenvalue weighted by molar-refractivity contribution is -0.141. The van der Waals surface area contributed by atoms with Gasteiger partial charge in [0.1, 0.15) is 10.7 Å². The van der Waals surface area contributed by atoms with E-state index in [0.717, 1.165) is 0 Å². The standard InChI is InChI=1S/C12H5ClF3N3O2/c13-10-8(11(20)21)9(12(14,15)16)18-19(10)7-3-1-2-6(4-7)5-17/h1-4H,(H,20,21). The van der Waals surface area contributed by atoms with Gasteiger partial charge in [-0.3, -0.25) is 0 Å². The summed E-state index contributed by atoms with van der Waals surface area (Å²) in [7, 11) is 0. The maximum Gasteiger partial charge on any atom is 0.436 e. The van der Waals surface area contributed by atoms with Gasteiger partial charge in [0.25, 0.3) is 0 Å². The molecule has 0 radical (unpaired) electrons. The van der Waals surface area contributed by atoms with E-state index in [2.05, 4.69) is 5.10 Å². The Hall–Kier alpha value is -2.53. The lowest BCUT2D eigenvalue weighted by Gasteiger charge is -2.03. The van der Waals surface area contributed by atoms with E-state index in [1.165, 1.54) is 24.3 Å². The van der Waals surface area contributed by atoms with Gasteiger partial charge in [0.2, 0.25) is 0 Å². The number of hydrogen-bond donors (Lipinski definition) is 1. The molecular weight excluding hydrogens is 311 g/mol. The molecule has 108 valence electrons. The fourth-order valence-electron chi connectivity index (χ4n) is 1.66. The number of aromatic carboxylic acids is 1. The van der Waals surface area contributed by atoms with Crippen molar-refractivity contribution in [3.63, 3.8) is 0 Å². The molecule has 0 saturated carbocycles. The molecule has 0 aliphatic heterocycles. The molecule has 0 unspecified atom stereocenters. The zero-order valence-corrected chi connectivity index (χ0v) is 10.8. The predicted molar refractivity (Wildman–Crippen MR) is 65.3 cm³/mol. The molecule has 0 spiro atoms. The summed E-state index contributed by atoms with van der Waals surface area (Å²) in [6, 6.07) is 7.25. The first-order valence-electron chi connectivity index (χ1n) is 5.35. The summed E-state index contributed by atoms with van der Waals surface area (Å²) in [6.45, 7) is 0. The molecule has 2 aromatic rings. The highest BCUT2D eigenvalue weighted by atomic mass is 35.5. The Bertz CT molecular complexity index is 762.